The Labute approximate surface area is 156 Å². The second kappa shape index (κ2) is 7.62. The van der Waals surface area contributed by atoms with Gasteiger partial charge in [0.25, 0.3) is 0 Å². The van der Waals surface area contributed by atoms with Crippen molar-refractivity contribution in [2.45, 2.75) is 39.2 Å². The summed E-state index contributed by atoms with van der Waals surface area (Å²) in [6.45, 7) is 6.20. The van der Waals surface area contributed by atoms with E-state index in [0.29, 0.717) is 12.5 Å². The van der Waals surface area contributed by atoms with Crippen LogP contribution >= 0.6 is 0 Å². The lowest BCUT2D eigenvalue weighted by molar-refractivity contribution is -0.143. The molecule has 1 aliphatic rings. The van der Waals surface area contributed by atoms with Crippen molar-refractivity contribution >= 4 is 5.91 Å². The van der Waals surface area contributed by atoms with Gasteiger partial charge in [-0.3, -0.25) is 9.69 Å². The van der Waals surface area contributed by atoms with Crippen molar-refractivity contribution in [1.29, 1.82) is 0 Å². The van der Waals surface area contributed by atoms with Crippen LogP contribution in [0.3, 0.4) is 0 Å². The van der Waals surface area contributed by atoms with Gasteiger partial charge in [-0.15, -0.1) is 0 Å². The van der Waals surface area contributed by atoms with Gasteiger partial charge in [0.2, 0.25) is 5.91 Å². The number of carbonyl (C=O) groups is 1. The van der Waals surface area contributed by atoms with Crippen LogP contribution in [0.15, 0.2) is 40.9 Å². The van der Waals surface area contributed by atoms with Crippen LogP contribution in [-0.2, 0) is 11.2 Å². The molecule has 1 aromatic carbocycles. The van der Waals surface area contributed by atoms with Crippen molar-refractivity contribution in [3.63, 3.8) is 0 Å². The summed E-state index contributed by atoms with van der Waals surface area (Å²) in [5, 5.41) is 4.23. The lowest BCUT2D eigenvalue weighted by Gasteiger charge is -2.44. The first kappa shape index (κ1) is 18.6. The van der Waals surface area contributed by atoms with E-state index in [9.17, 15) is 4.79 Å². The maximum atomic E-state index is 13.1. The Morgan fingerprint density at radius 2 is 2.04 bits per heavy atom. The van der Waals surface area contributed by atoms with E-state index in [2.05, 4.69) is 23.9 Å². The lowest BCUT2D eigenvalue weighted by Crippen LogP contribution is -2.54. The van der Waals surface area contributed by atoms with Gasteiger partial charge in [-0.1, -0.05) is 35.5 Å². The number of benzene rings is 1. The van der Waals surface area contributed by atoms with Gasteiger partial charge in [-0.25, -0.2) is 0 Å². The summed E-state index contributed by atoms with van der Waals surface area (Å²) in [5.41, 5.74) is 1.41. The quantitative estimate of drug-likeness (QED) is 0.824. The van der Waals surface area contributed by atoms with Crippen LogP contribution in [0.5, 0.6) is 0 Å². The molecule has 0 N–H and O–H groups in total. The van der Waals surface area contributed by atoms with Crippen molar-refractivity contribution in [3.8, 4) is 11.3 Å². The van der Waals surface area contributed by atoms with Gasteiger partial charge in [0.05, 0.1) is 5.41 Å². The fraction of sp³-hybridized carbons (Fsp3) is 0.524. The van der Waals surface area contributed by atoms with Crippen LogP contribution in [0.1, 0.15) is 32.4 Å². The highest BCUT2D eigenvalue weighted by Crippen LogP contribution is 2.37. The van der Waals surface area contributed by atoms with Gasteiger partial charge in [0.1, 0.15) is 11.5 Å². The largest absolute Gasteiger partial charge is 0.361 e. The number of likely N-dealkylation sites (tertiary alicyclic amines) is 1. The number of rotatable bonds is 5. The van der Waals surface area contributed by atoms with Crippen LogP contribution in [0.2, 0.25) is 0 Å². The second-order valence-corrected chi connectivity index (χ2v) is 7.87. The molecule has 1 amide bonds. The summed E-state index contributed by atoms with van der Waals surface area (Å²) in [4.78, 5) is 17.2. The fourth-order valence-corrected chi connectivity index (χ4v) is 3.95. The first-order valence-corrected chi connectivity index (χ1v) is 9.38. The second-order valence-electron chi connectivity index (χ2n) is 7.87. The number of piperidine rings is 1. The van der Waals surface area contributed by atoms with Crippen LogP contribution < -0.4 is 0 Å². The van der Waals surface area contributed by atoms with Crippen LogP contribution in [0.4, 0.5) is 0 Å². The molecule has 2 aromatic rings. The number of hydrogen-bond acceptors (Lipinski definition) is 4. The minimum Gasteiger partial charge on any atom is -0.361 e. The minimum atomic E-state index is -0.445. The molecular formula is C21H29N3O2. The average molecular weight is 355 g/mol. The Morgan fingerprint density at radius 1 is 1.31 bits per heavy atom. The molecule has 140 valence electrons. The summed E-state index contributed by atoms with van der Waals surface area (Å²) in [5.74, 6) is 0.963. The smallest absolute Gasteiger partial charge is 0.230 e. The van der Waals surface area contributed by atoms with Crippen LogP contribution in [0.25, 0.3) is 11.3 Å². The number of nitrogens with zero attached hydrogens (tertiary/aromatic N) is 3. The van der Waals surface area contributed by atoms with E-state index in [4.69, 9.17) is 4.52 Å². The molecule has 1 atom stereocenters. The summed E-state index contributed by atoms with van der Waals surface area (Å²) in [6.07, 6.45) is 2.50. The highest BCUT2D eigenvalue weighted by Gasteiger charge is 2.44. The third-order valence-corrected chi connectivity index (χ3v) is 5.34. The first-order chi connectivity index (χ1) is 12.4. The third kappa shape index (κ3) is 3.83. The molecule has 0 unspecified atom stereocenters. The predicted octanol–water partition coefficient (Wildman–Crippen LogP) is 3.46. The lowest BCUT2D eigenvalue weighted by atomic mass is 9.74. The van der Waals surface area contributed by atoms with E-state index in [1.807, 2.05) is 50.5 Å². The Kier molecular flexibility index (Phi) is 5.47. The highest BCUT2D eigenvalue weighted by molar-refractivity contribution is 5.83. The van der Waals surface area contributed by atoms with Gasteiger partial charge >= 0.3 is 0 Å². The van der Waals surface area contributed by atoms with Crippen LogP contribution in [0, 0.1) is 5.41 Å². The number of amides is 1. The van der Waals surface area contributed by atoms with Gasteiger partial charge in [-0.2, -0.15) is 0 Å². The van der Waals surface area contributed by atoms with E-state index in [1.54, 1.807) is 4.90 Å². The number of carbonyl (C=O) groups excluding carboxylic acids is 1. The third-order valence-electron chi connectivity index (χ3n) is 5.34. The molecule has 2 heterocycles. The molecule has 0 bridgehead atoms. The van der Waals surface area contributed by atoms with E-state index in [0.717, 1.165) is 42.9 Å². The van der Waals surface area contributed by atoms with Crippen molar-refractivity contribution in [2.24, 2.45) is 5.41 Å². The van der Waals surface area contributed by atoms with Crippen molar-refractivity contribution < 1.29 is 9.32 Å². The molecule has 0 aliphatic carbocycles. The summed E-state index contributed by atoms with van der Waals surface area (Å²) < 4.78 is 5.63. The highest BCUT2D eigenvalue weighted by atomic mass is 16.5. The number of hydrogen-bond donors (Lipinski definition) is 0. The molecule has 5 heteroatoms. The maximum absolute atomic E-state index is 13.1. The first-order valence-electron chi connectivity index (χ1n) is 9.38. The molecule has 1 aromatic heterocycles. The van der Waals surface area contributed by atoms with E-state index < -0.39 is 5.41 Å². The van der Waals surface area contributed by atoms with Crippen molar-refractivity contribution in [1.82, 2.24) is 15.0 Å². The van der Waals surface area contributed by atoms with Crippen molar-refractivity contribution in [3.05, 3.63) is 42.2 Å². The van der Waals surface area contributed by atoms with Crippen LogP contribution in [-0.4, -0.2) is 54.1 Å². The molecule has 1 fully saturated rings. The SMILES string of the molecule is CC(C)N1CCC[C@@](Cc2cc(-c3ccccc3)no2)(C(=O)N(C)C)C1. The molecule has 1 aliphatic heterocycles. The normalized spacial score (nSPS) is 21.1. The molecule has 1 saturated heterocycles. The zero-order valence-corrected chi connectivity index (χ0v) is 16.2. The van der Waals surface area contributed by atoms with Gasteiger partial charge in [0, 0.05) is 44.7 Å². The molecule has 0 radical (unpaired) electrons. The number of aromatic nitrogens is 1. The molecule has 0 spiro atoms. The predicted molar refractivity (Wildman–Crippen MR) is 103 cm³/mol. The average Bonchev–Trinajstić information content (AvgIpc) is 3.10. The topological polar surface area (TPSA) is 49.6 Å². The molecule has 3 rings (SSSR count). The maximum Gasteiger partial charge on any atom is 0.230 e. The zero-order chi connectivity index (χ0) is 18.7. The van der Waals surface area contributed by atoms with Gasteiger partial charge in [-0.05, 0) is 33.2 Å². The summed E-state index contributed by atoms with van der Waals surface area (Å²) in [7, 11) is 3.68. The fourth-order valence-electron chi connectivity index (χ4n) is 3.95. The Bertz CT molecular complexity index is 739. The molecular weight excluding hydrogens is 326 g/mol. The van der Waals surface area contributed by atoms with Crippen molar-refractivity contribution in [2.75, 3.05) is 27.2 Å². The van der Waals surface area contributed by atoms with E-state index in [-0.39, 0.29) is 5.91 Å². The molecule has 26 heavy (non-hydrogen) atoms. The van der Waals surface area contributed by atoms with E-state index >= 15 is 0 Å². The standard InChI is InChI=1S/C21H29N3O2/c1-16(2)24-12-8-11-21(15-24,20(25)23(3)4)14-18-13-19(22-26-18)17-9-6-5-7-10-17/h5-7,9-10,13,16H,8,11-12,14-15H2,1-4H3/t21-/m0/s1. The Balaban J connectivity index is 1.87. The van der Waals surface area contributed by atoms with E-state index in [1.165, 1.54) is 0 Å². The monoisotopic (exact) mass is 355 g/mol. The summed E-state index contributed by atoms with van der Waals surface area (Å²) in [6, 6.07) is 12.4. The van der Waals surface area contributed by atoms with Gasteiger partial charge in [0.15, 0.2) is 0 Å². The minimum absolute atomic E-state index is 0.181. The zero-order valence-electron chi connectivity index (χ0n) is 16.2. The molecule has 0 saturated carbocycles. The Hall–Kier alpha value is -2.14. The van der Waals surface area contributed by atoms with Gasteiger partial charge < -0.3 is 9.42 Å². The summed E-state index contributed by atoms with van der Waals surface area (Å²) >= 11 is 0. The Morgan fingerprint density at radius 3 is 2.69 bits per heavy atom. The molecule has 5 nitrogen and oxygen atoms in total.